The number of thioether (sulfide) groups is 1. The fraction of sp³-hybridized carbons (Fsp3) is 0.0909. The summed E-state index contributed by atoms with van der Waals surface area (Å²) in [7, 11) is 0. The number of benzene rings is 2. The molecule has 1 saturated heterocycles. The largest absolute Gasteiger partial charge is 0.457 e. The number of furan rings is 1. The predicted octanol–water partition coefficient (Wildman–Crippen LogP) is 6.05. The molecule has 4 rings (SSSR count). The number of halogens is 1. The van der Waals surface area contributed by atoms with Gasteiger partial charge in [-0.1, -0.05) is 66.4 Å². The Bertz CT molecular complexity index is 1070. The maximum absolute atomic E-state index is 13.4. The van der Waals surface area contributed by atoms with Crippen molar-refractivity contribution in [2.75, 3.05) is 0 Å². The zero-order valence-electron chi connectivity index (χ0n) is 15.0. The van der Waals surface area contributed by atoms with E-state index in [0.29, 0.717) is 26.3 Å². The van der Waals surface area contributed by atoms with Gasteiger partial charge in [0.1, 0.15) is 21.7 Å². The molecule has 1 atom stereocenters. The molecule has 2 aromatic carbocycles. The van der Waals surface area contributed by atoms with Gasteiger partial charge >= 0.3 is 0 Å². The second-order valence-electron chi connectivity index (χ2n) is 6.35. The highest BCUT2D eigenvalue weighted by atomic mass is 32.2. The first kappa shape index (κ1) is 18.7. The summed E-state index contributed by atoms with van der Waals surface area (Å²) in [5.41, 5.74) is 1.66. The minimum absolute atomic E-state index is 0.143. The third-order valence-electron chi connectivity index (χ3n) is 4.50. The minimum Gasteiger partial charge on any atom is -0.457 e. The van der Waals surface area contributed by atoms with Gasteiger partial charge in [0.15, 0.2) is 0 Å². The molecular weight excluding hydrogens is 393 g/mol. The average molecular weight is 410 g/mol. The molecule has 1 unspecified atom stereocenters. The van der Waals surface area contributed by atoms with E-state index in [0.717, 1.165) is 5.56 Å². The third kappa shape index (κ3) is 3.66. The van der Waals surface area contributed by atoms with Crippen LogP contribution in [0.25, 0.3) is 17.4 Å². The van der Waals surface area contributed by atoms with Crippen molar-refractivity contribution in [3.05, 3.63) is 88.8 Å². The molecule has 1 aliphatic heterocycles. The standard InChI is InChI=1S/C22H16FNO2S2/c1-14(15-6-3-2-4-7-15)24-21(25)20(28-22(24)27)13-18-10-11-19(26-18)16-8-5-9-17(23)12-16/h2-14H,1H3/b20-13+. The molecule has 28 heavy (non-hydrogen) atoms. The van der Waals surface area contributed by atoms with E-state index < -0.39 is 0 Å². The number of carbonyl (C=O) groups excluding carboxylic acids is 1. The molecule has 6 heteroatoms. The van der Waals surface area contributed by atoms with E-state index in [1.54, 1.807) is 35.2 Å². The molecule has 1 aromatic heterocycles. The van der Waals surface area contributed by atoms with Gasteiger partial charge in [-0.3, -0.25) is 9.69 Å². The van der Waals surface area contributed by atoms with E-state index in [-0.39, 0.29) is 17.8 Å². The predicted molar refractivity (Wildman–Crippen MR) is 114 cm³/mol. The summed E-state index contributed by atoms with van der Waals surface area (Å²) in [5, 5.41) is 0. The van der Waals surface area contributed by atoms with Crippen LogP contribution in [0.2, 0.25) is 0 Å². The lowest BCUT2D eigenvalue weighted by atomic mass is 10.1. The van der Waals surface area contributed by atoms with Crippen molar-refractivity contribution in [1.82, 2.24) is 4.90 Å². The first-order valence-corrected chi connectivity index (χ1v) is 9.93. The molecule has 140 valence electrons. The van der Waals surface area contributed by atoms with Crippen molar-refractivity contribution in [2.24, 2.45) is 0 Å². The van der Waals surface area contributed by atoms with E-state index in [1.807, 2.05) is 37.3 Å². The molecule has 3 aromatic rings. The van der Waals surface area contributed by atoms with Crippen molar-refractivity contribution in [3.8, 4) is 11.3 Å². The maximum Gasteiger partial charge on any atom is 0.266 e. The molecule has 1 aliphatic rings. The molecule has 1 fully saturated rings. The normalized spacial score (nSPS) is 16.8. The van der Waals surface area contributed by atoms with Gasteiger partial charge in [-0.25, -0.2) is 4.39 Å². The summed E-state index contributed by atoms with van der Waals surface area (Å²) in [6, 6.07) is 19.3. The number of hydrogen-bond donors (Lipinski definition) is 0. The zero-order chi connectivity index (χ0) is 19.7. The molecule has 0 spiro atoms. The van der Waals surface area contributed by atoms with Crippen molar-refractivity contribution >= 4 is 40.3 Å². The van der Waals surface area contributed by atoms with Crippen LogP contribution >= 0.6 is 24.0 Å². The van der Waals surface area contributed by atoms with Crippen molar-refractivity contribution in [1.29, 1.82) is 0 Å². The van der Waals surface area contributed by atoms with Crippen LogP contribution in [0.1, 0.15) is 24.3 Å². The second kappa shape index (κ2) is 7.73. The summed E-state index contributed by atoms with van der Waals surface area (Å²) in [6.07, 6.45) is 1.68. The van der Waals surface area contributed by atoms with Crippen LogP contribution in [-0.4, -0.2) is 15.1 Å². The van der Waals surface area contributed by atoms with Crippen molar-refractivity contribution < 1.29 is 13.6 Å². The summed E-state index contributed by atoms with van der Waals surface area (Å²) in [6.45, 7) is 1.96. The molecule has 0 N–H and O–H groups in total. The van der Waals surface area contributed by atoms with Crippen LogP contribution in [-0.2, 0) is 4.79 Å². The van der Waals surface area contributed by atoms with Crippen LogP contribution in [0.4, 0.5) is 4.39 Å². The van der Waals surface area contributed by atoms with Gasteiger partial charge in [0.2, 0.25) is 0 Å². The van der Waals surface area contributed by atoms with Gasteiger partial charge in [0, 0.05) is 11.6 Å². The lowest BCUT2D eigenvalue weighted by Crippen LogP contribution is -2.30. The van der Waals surface area contributed by atoms with Gasteiger partial charge in [0.05, 0.1) is 10.9 Å². The molecule has 0 radical (unpaired) electrons. The Balaban J connectivity index is 1.58. The Hall–Kier alpha value is -2.70. The van der Waals surface area contributed by atoms with Crippen LogP contribution < -0.4 is 0 Å². The molecule has 0 aliphatic carbocycles. The number of amides is 1. The van der Waals surface area contributed by atoms with E-state index in [2.05, 4.69) is 0 Å². The van der Waals surface area contributed by atoms with E-state index in [1.165, 1.54) is 23.9 Å². The monoisotopic (exact) mass is 409 g/mol. The Morgan fingerprint density at radius 1 is 1.11 bits per heavy atom. The number of rotatable bonds is 4. The number of thiocarbonyl (C=S) groups is 1. The smallest absolute Gasteiger partial charge is 0.266 e. The highest BCUT2D eigenvalue weighted by Gasteiger charge is 2.36. The van der Waals surface area contributed by atoms with E-state index in [4.69, 9.17) is 16.6 Å². The summed E-state index contributed by atoms with van der Waals surface area (Å²) in [5.74, 6) is 0.590. The van der Waals surface area contributed by atoms with Crippen LogP contribution in [0, 0.1) is 5.82 Å². The highest BCUT2D eigenvalue weighted by Crippen LogP contribution is 2.38. The van der Waals surface area contributed by atoms with Gasteiger partial charge in [0.25, 0.3) is 5.91 Å². The fourth-order valence-electron chi connectivity index (χ4n) is 3.05. The van der Waals surface area contributed by atoms with Gasteiger partial charge in [-0.05, 0) is 36.8 Å². The average Bonchev–Trinajstić information content (AvgIpc) is 3.27. The maximum atomic E-state index is 13.4. The summed E-state index contributed by atoms with van der Waals surface area (Å²) in [4.78, 5) is 15.0. The zero-order valence-corrected chi connectivity index (χ0v) is 16.6. The van der Waals surface area contributed by atoms with Crippen LogP contribution in [0.5, 0.6) is 0 Å². The first-order chi connectivity index (χ1) is 13.5. The minimum atomic E-state index is -0.328. The number of carbonyl (C=O) groups is 1. The Kier molecular flexibility index (Phi) is 5.15. The lowest BCUT2D eigenvalue weighted by molar-refractivity contribution is -0.123. The molecule has 3 nitrogen and oxygen atoms in total. The Labute approximate surface area is 171 Å². The summed E-state index contributed by atoms with van der Waals surface area (Å²) >= 11 is 6.69. The molecule has 0 saturated carbocycles. The van der Waals surface area contributed by atoms with E-state index in [9.17, 15) is 9.18 Å². The van der Waals surface area contributed by atoms with Crippen molar-refractivity contribution in [3.63, 3.8) is 0 Å². The molecular formula is C22H16FNO2S2. The highest BCUT2D eigenvalue weighted by molar-refractivity contribution is 8.26. The topological polar surface area (TPSA) is 33.5 Å². The lowest BCUT2D eigenvalue weighted by Gasteiger charge is -2.23. The van der Waals surface area contributed by atoms with E-state index >= 15 is 0 Å². The SMILES string of the molecule is CC(c1ccccc1)N1C(=O)/C(=C\c2ccc(-c3cccc(F)c3)o2)SC1=S. The molecule has 1 amide bonds. The fourth-order valence-corrected chi connectivity index (χ4v) is 4.45. The first-order valence-electron chi connectivity index (χ1n) is 8.71. The Morgan fingerprint density at radius 3 is 2.64 bits per heavy atom. The quantitative estimate of drug-likeness (QED) is 0.388. The van der Waals surface area contributed by atoms with Gasteiger partial charge < -0.3 is 4.42 Å². The molecule has 0 bridgehead atoms. The van der Waals surface area contributed by atoms with Gasteiger partial charge in [-0.15, -0.1) is 0 Å². The van der Waals surface area contributed by atoms with Crippen LogP contribution in [0.15, 0.2) is 76.1 Å². The van der Waals surface area contributed by atoms with Crippen molar-refractivity contribution in [2.45, 2.75) is 13.0 Å². The van der Waals surface area contributed by atoms with Crippen LogP contribution in [0.3, 0.4) is 0 Å². The Morgan fingerprint density at radius 2 is 1.89 bits per heavy atom. The summed E-state index contributed by atoms with van der Waals surface area (Å²) < 4.78 is 19.7. The third-order valence-corrected chi connectivity index (χ3v) is 5.83. The molecule has 2 heterocycles. The number of hydrogen-bond acceptors (Lipinski definition) is 4. The number of nitrogens with zero attached hydrogens (tertiary/aromatic N) is 1. The van der Waals surface area contributed by atoms with Gasteiger partial charge in [-0.2, -0.15) is 0 Å². The second-order valence-corrected chi connectivity index (χ2v) is 8.03.